The van der Waals surface area contributed by atoms with E-state index in [1.54, 1.807) is 18.2 Å². The second kappa shape index (κ2) is 9.05. The fraction of sp³-hybridized carbons (Fsp3) is 0.227. The Morgan fingerprint density at radius 3 is 2.28 bits per heavy atom. The number of nitrogens with one attached hydrogen (secondary N) is 1. The molecule has 0 aliphatic carbocycles. The molecule has 7 heteroatoms. The summed E-state index contributed by atoms with van der Waals surface area (Å²) in [5, 5.41) is 2.79. The summed E-state index contributed by atoms with van der Waals surface area (Å²) < 4.78 is 11.8. The number of carbonyl (C=O) groups excluding carboxylic acids is 1. The van der Waals surface area contributed by atoms with Crippen LogP contribution in [0.3, 0.4) is 0 Å². The molecule has 0 bridgehead atoms. The van der Waals surface area contributed by atoms with Crippen molar-refractivity contribution in [1.82, 2.24) is 9.55 Å². The zero-order chi connectivity index (χ0) is 20.8. The summed E-state index contributed by atoms with van der Waals surface area (Å²) >= 11 is 0. The minimum atomic E-state index is -0.356. The zero-order valence-electron chi connectivity index (χ0n) is 16.6. The lowest BCUT2D eigenvalue weighted by atomic mass is 10.2. The van der Waals surface area contributed by atoms with Gasteiger partial charge in [0.15, 0.2) is 0 Å². The molecule has 0 atom stereocenters. The molecule has 0 unspecified atom stereocenters. The summed E-state index contributed by atoms with van der Waals surface area (Å²) in [5.74, 6) is 1.21. The number of methoxy groups -OCH3 is 2. The molecule has 1 N–H and O–H groups in total. The Balaban J connectivity index is 1.92. The van der Waals surface area contributed by atoms with Gasteiger partial charge in [0.2, 0.25) is 5.91 Å². The van der Waals surface area contributed by atoms with Gasteiger partial charge in [0.05, 0.1) is 14.2 Å². The standard InChI is InChI=1S/C22H23N3O4/c1-4-16-12-21(27)25(22(24-16)15-8-6-5-7-9-15)14-20(26)23-17-10-18(28-2)13-19(11-17)29-3/h5-13H,4,14H2,1-3H3,(H,23,26). The van der Waals surface area contributed by atoms with Gasteiger partial charge in [-0.2, -0.15) is 0 Å². The summed E-state index contributed by atoms with van der Waals surface area (Å²) in [6.45, 7) is 1.77. The van der Waals surface area contributed by atoms with Gasteiger partial charge in [-0.1, -0.05) is 37.3 Å². The summed E-state index contributed by atoms with van der Waals surface area (Å²) in [7, 11) is 3.07. The smallest absolute Gasteiger partial charge is 0.254 e. The molecule has 1 amide bonds. The molecule has 3 rings (SSSR count). The molecule has 29 heavy (non-hydrogen) atoms. The topological polar surface area (TPSA) is 82.5 Å². The van der Waals surface area contributed by atoms with Crippen LogP contribution in [0.5, 0.6) is 11.5 Å². The van der Waals surface area contributed by atoms with Crippen LogP contribution >= 0.6 is 0 Å². The van der Waals surface area contributed by atoms with Crippen LogP contribution in [0.2, 0.25) is 0 Å². The van der Waals surface area contributed by atoms with Crippen LogP contribution in [0.25, 0.3) is 11.4 Å². The van der Waals surface area contributed by atoms with Crippen LogP contribution in [-0.2, 0) is 17.8 Å². The molecule has 150 valence electrons. The van der Waals surface area contributed by atoms with Gasteiger partial charge < -0.3 is 14.8 Å². The lowest BCUT2D eigenvalue weighted by Gasteiger charge is -2.14. The van der Waals surface area contributed by atoms with Crippen LogP contribution in [-0.4, -0.2) is 29.7 Å². The number of ether oxygens (including phenoxy) is 2. The third-order valence-electron chi connectivity index (χ3n) is 4.39. The van der Waals surface area contributed by atoms with E-state index in [0.717, 1.165) is 5.56 Å². The van der Waals surface area contributed by atoms with Gasteiger partial charge in [0, 0.05) is 41.2 Å². The molecule has 0 fully saturated rings. The fourth-order valence-corrected chi connectivity index (χ4v) is 2.92. The molecule has 3 aromatic rings. The van der Waals surface area contributed by atoms with Crippen molar-refractivity contribution < 1.29 is 14.3 Å². The first-order valence-corrected chi connectivity index (χ1v) is 9.23. The molecule has 0 saturated heterocycles. The van der Waals surface area contributed by atoms with Crippen LogP contribution in [0.15, 0.2) is 59.4 Å². The number of hydrogen-bond acceptors (Lipinski definition) is 5. The molecule has 7 nitrogen and oxygen atoms in total. The minimum Gasteiger partial charge on any atom is -0.497 e. The molecule has 0 saturated carbocycles. The maximum absolute atomic E-state index is 12.7. The SMILES string of the molecule is CCc1cc(=O)n(CC(=O)Nc2cc(OC)cc(OC)c2)c(-c2ccccc2)n1. The van der Waals surface area contributed by atoms with E-state index >= 15 is 0 Å². The first kappa shape index (κ1) is 20.1. The lowest BCUT2D eigenvalue weighted by Crippen LogP contribution is -2.30. The number of aryl methyl sites for hydroxylation is 1. The molecule has 2 aromatic carbocycles. The van der Waals surface area contributed by atoms with E-state index in [9.17, 15) is 9.59 Å². The second-order valence-corrected chi connectivity index (χ2v) is 6.36. The quantitative estimate of drug-likeness (QED) is 0.667. The second-order valence-electron chi connectivity index (χ2n) is 6.36. The predicted octanol–water partition coefficient (Wildman–Crippen LogP) is 3.13. The summed E-state index contributed by atoms with van der Waals surface area (Å²) in [5.41, 5.74) is 1.70. The van der Waals surface area contributed by atoms with E-state index in [0.29, 0.717) is 35.1 Å². The monoisotopic (exact) mass is 393 g/mol. The number of anilines is 1. The molecule has 0 spiro atoms. The normalized spacial score (nSPS) is 10.4. The Labute approximate surface area is 168 Å². The highest BCUT2D eigenvalue weighted by molar-refractivity contribution is 5.91. The molecule has 0 aliphatic rings. The van der Waals surface area contributed by atoms with Crippen molar-refractivity contribution in [2.24, 2.45) is 0 Å². The number of carbonyl (C=O) groups is 1. The Hall–Kier alpha value is -3.61. The largest absolute Gasteiger partial charge is 0.497 e. The Morgan fingerprint density at radius 1 is 1.03 bits per heavy atom. The highest BCUT2D eigenvalue weighted by Crippen LogP contribution is 2.26. The van der Waals surface area contributed by atoms with Crippen molar-refractivity contribution >= 4 is 11.6 Å². The maximum atomic E-state index is 12.7. The van der Waals surface area contributed by atoms with E-state index in [-0.39, 0.29) is 18.0 Å². The van der Waals surface area contributed by atoms with E-state index < -0.39 is 0 Å². The van der Waals surface area contributed by atoms with Crippen molar-refractivity contribution in [2.45, 2.75) is 19.9 Å². The van der Waals surface area contributed by atoms with E-state index in [4.69, 9.17) is 9.47 Å². The summed E-state index contributed by atoms with van der Waals surface area (Å²) in [6.07, 6.45) is 0.631. The fourth-order valence-electron chi connectivity index (χ4n) is 2.92. The van der Waals surface area contributed by atoms with E-state index in [1.165, 1.54) is 24.9 Å². The average molecular weight is 393 g/mol. The number of rotatable bonds is 7. The first-order valence-electron chi connectivity index (χ1n) is 9.23. The lowest BCUT2D eigenvalue weighted by molar-refractivity contribution is -0.116. The van der Waals surface area contributed by atoms with Gasteiger partial charge in [-0.15, -0.1) is 0 Å². The molecule has 0 radical (unpaired) electrons. The predicted molar refractivity (Wildman–Crippen MR) is 111 cm³/mol. The van der Waals surface area contributed by atoms with Crippen LogP contribution in [0, 0.1) is 0 Å². The van der Waals surface area contributed by atoms with Gasteiger partial charge in [0.1, 0.15) is 23.9 Å². The third kappa shape index (κ3) is 4.82. The third-order valence-corrected chi connectivity index (χ3v) is 4.39. The Kier molecular flexibility index (Phi) is 6.29. The van der Waals surface area contributed by atoms with E-state index in [2.05, 4.69) is 10.3 Å². The van der Waals surface area contributed by atoms with Crippen LogP contribution in [0.4, 0.5) is 5.69 Å². The minimum absolute atomic E-state index is 0.167. The van der Waals surface area contributed by atoms with Gasteiger partial charge >= 0.3 is 0 Å². The summed E-state index contributed by atoms with van der Waals surface area (Å²) in [6, 6.07) is 15.9. The van der Waals surface area contributed by atoms with E-state index in [1.807, 2.05) is 37.3 Å². The van der Waals surface area contributed by atoms with Crippen molar-refractivity contribution in [3.8, 4) is 22.9 Å². The molecule has 1 aromatic heterocycles. The molecule has 1 heterocycles. The molecular formula is C22H23N3O4. The first-order chi connectivity index (χ1) is 14.0. The van der Waals surface area contributed by atoms with Gasteiger partial charge in [-0.05, 0) is 6.42 Å². The highest BCUT2D eigenvalue weighted by Gasteiger charge is 2.14. The van der Waals surface area contributed by atoms with Gasteiger partial charge in [-0.25, -0.2) is 4.98 Å². The Morgan fingerprint density at radius 2 is 1.69 bits per heavy atom. The zero-order valence-corrected chi connectivity index (χ0v) is 16.6. The number of amides is 1. The van der Waals surface area contributed by atoms with Crippen molar-refractivity contribution in [3.05, 3.63) is 70.6 Å². The maximum Gasteiger partial charge on any atom is 0.254 e. The summed E-state index contributed by atoms with van der Waals surface area (Å²) in [4.78, 5) is 30.0. The van der Waals surface area contributed by atoms with Gasteiger partial charge in [0.25, 0.3) is 5.56 Å². The molecule has 0 aliphatic heterocycles. The highest BCUT2D eigenvalue weighted by atomic mass is 16.5. The Bertz CT molecular complexity index is 1040. The van der Waals surface area contributed by atoms with Gasteiger partial charge in [-0.3, -0.25) is 14.2 Å². The average Bonchev–Trinajstić information content (AvgIpc) is 2.75. The number of hydrogen-bond donors (Lipinski definition) is 1. The van der Waals surface area contributed by atoms with Crippen LogP contribution in [0.1, 0.15) is 12.6 Å². The van der Waals surface area contributed by atoms with Crippen molar-refractivity contribution in [3.63, 3.8) is 0 Å². The van der Waals surface area contributed by atoms with Crippen molar-refractivity contribution in [2.75, 3.05) is 19.5 Å². The molecular weight excluding hydrogens is 370 g/mol. The van der Waals surface area contributed by atoms with Crippen LogP contribution < -0.4 is 20.3 Å². The number of benzene rings is 2. The number of aromatic nitrogens is 2. The number of nitrogens with zero attached hydrogens (tertiary/aromatic N) is 2. The van der Waals surface area contributed by atoms with Crippen molar-refractivity contribution in [1.29, 1.82) is 0 Å².